The molecule has 1 fully saturated rings. The van der Waals surface area contributed by atoms with Crippen LogP contribution in [0.2, 0.25) is 0 Å². The molecule has 2 amide bonds. The predicted molar refractivity (Wildman–Crippen MR) is 122 cm³/mol. The molecular weight excluding hydrogens is 400 g/mol. The Balaban J connectivity index is 1.50. The number of nitrogens with one attached hydrogen (secondary N) is 1. The van der Waals surface area contributed by atoms with E-state index in [0.717, 1.165) is 32.9 Å². The normalized spacial score (nSPS) is 16.3. The Morgan fingerprint density at radius 2 is 1.83 bits per heavy atom. The maximum Gasteiger partial charge on any atom is 0.238 e. The predicted octanol–water partition coefficient (Wildman–Crippen LogP) is 5.32. The third-order valence-electron chi connectivity index (χ3n) is 4.75. The van der Waals surface area contributed by atoms with Crippen molar-refractivity contribution in [2.75, 3.05) is 16.0 Å². The number of hydrogen-bond acceptors (Lipinski definition) is 4. The summed E-state index contributed by atoms with van der Waals surface area (Å²) in [6.07, 6.45) is 0.382. The van der Waals surface area contributed by atoms with E-state index in [-0.39, 0.29) is 17.2 Å². The van der Waals surface area contributed by atoms with Crippen molar-refractivity contribution in [3.63, 3.8) is 0 Å². The summed E-state index contributed by atoms with van der Waals surface area (Å²) in [5.41, 5.74) is 5.05. The number of carbonyl (C=O) groups excluding carboxylic acids is 2. The number of carbonyl (C=O) groups is 2. The molecule has 0 bridgehead atoms. The van der Waals surface area contributed by atoms with Gasteiger partial charge in [-0.2, -0.15) is 0 Å². The third kappa shape index (κ3) is 4.54. The summed E-state index contributed by atoms with van der Waals surface area (Å²) in [4.78, 5) is 27.7. The maximum absolute atomic E-state index is 12.6. The van der Waals surface area contributed by atoms with Gasteiger partial charge in [-0.15, -0.1) is 23.1 Å². The van der Waals surface area contributed by atoms with Crippen molar-refractivity contribution >= 4 is 46.3 Å². The molecule has 1 atom stereocenters. The van der Waals surface area contributed by atoms with Crippen LogP contribution in [0.1, 0.15) is 26.9 Å². The van der Waals surface area contributed by atoms with Gasteiger partial charge < -0.3 is 5.32 Å². The summed E-state index contributed by atoms with van der Waals surface area (Å²) < 4.78 is 0. The molecule has 6 heteroatoms. The second-order valence-electron chi connectivity index (χ2n) is 7.20. The molecule has 0 spiro atoms. The molecular formula is C23H22N2O2S2. The molecule has 4 rings (SSSR count). The molecule has 148 valence electrons. The first kappa shape index (κ1) is 19.7. The fourth-order valence-electron chi connectivity index (χ4n) is 3.55. The largest absolute Gasteiger partial charge is 0.326 e. The molecule has 1 aliphatic rings. The highest BCUT2D eigenvalue weighted by atomic mass is 32.2. The molecule has 29 heavy (non-hydrogen) atoms. The molecule has 0 aliphatic carbocycles. The fourth-order valence-corrected chi connectivity index (χ4v) is 5.43. The first-order chi connectivity index (χ1) is 14.0. The summed E-state index contributed by atoms with van der Waals surface area (Å²) in [6.45, 7) is 4.10. The van der Waals surface area contributed by atoms with Gasteiger partial charge in [0, 0.05) is 16.3 Å². The van der Waals surface area contributed by atoms with Gasteiger partial charge in [0.25, 0.3) is 0 Å². The summed E-state index contributed by atoms with van der Waals surface area (Å²) in [6, 6.07) is 17.9. The van der Waals surface area contributed by atoms with Crippen LogP contribution in [0.4, 0.5) is 11.4 Å². The van der Waals surface area contributed by atoms with Crippen molar-refractivity contribution in [1.29, 1.82) is 0 Å². The zero-order valence-electron chi connectivity index (χ0n) is 16.3. The second kappa shape index (κ2) is 8.43. The zero-order chi connectivity index (χ0) is 20.4. The smallest absolute Gasteiger partial charge is 0.238 e. The number of amides is 2. The number of aryl methyl sites for hydroxylation is 2. The molecule has 2 heterocycles. The number of anilines is 2. The van der Waals surface area contributed by atoms with Gasteiger partial charge in [0.05, 0.1) is 12.2 Å². The SMILES string of the molecule is Cc1cc(C)cc(N2C(=O)CS[C@@H]2c2ccc(NC(=O)Cc3cccs3)cc2)c1. The lowest BCUT2D eigenvalue weighted by atomic mass is 10.1. The number of nitrogens with zero attached hydrogens (tertiary/aromatic N) is 1. The maximum atomic E-state index is 12.6. The van der Waals surface area contributed by atoms with Gasteiger partial charge in [0.15, 0.2) is 0 Å². The van der Waals surface area contributed by atoms with Crippen LogP contribution in [0, 0.1) is 13.8 Å². The van der Waals surface area contributed by atoms with Crippen molar-refractivity contribution < 1.29 is 9.59 Å². The third-order valence-corrected chi connectivity index (χ3v) is 6.84. The van der Waals surface area contributed by atoms with Gasteiger partial charge in [-0.3, -0.25) is 14.5 Å². The van der Waals surface area contributed by atoms with Crippen molar-refractivity contribution in [2.45, 2.75) is 25.6 Å². The van der Waals surface area contributed by atoms with E-state index in [4.69, 9.17) is 0 Å². The molecule has 0 unspecified atom stereocenters. The van der Waals surface area contributed by atoms with E-state index >= 15 is 0 Å². The highest BCUT2D eigenvalue weighted by Crippen LogP contribution is 2.42. The van der Waals surface area contributed by atoms with Gasteiger partial charge in [-0.25, -0.2) is 0 Å². The molecule has 1 aliphatic heterocycles. The Hall–Kier alpha value is -2.57. The van der Waals surface area contributed by atoms with Crippen molar-refractivity contribution in [1.82, 2.24) is 0 Å². The van der Waals surface area contributed by atoms with E-state index in [0.29, 0.717) is 12.2 Å². The molecule has 2 aromatic carbocycles. The average molecular weight is 423 g/mol. The van der Waals surface area contributed by atoms with E-state index in [9.17, 15) is 9.59 Å². The number of hydrogen-bond donors (Lipinski definition) is 1. The van der Waals surface area contributed by atoms with Gasteiger partial charge >= 0.3 is 0 Å². The molecule has 0 saturated carbocycles. The molecule has 3 aromatic rings. The number of rotatable bonds is 5. The van der Waals surface area contributed by atoms with Crippen LogP contribution in [-0.4, -0.2) is 17.6 Å². The Morgan fingerprint density at radius 3 is 2.48 bits per heavy atom. The lowest BCUT2D eigenvalue weighted by molar-refractivity contribution is -0.116. The molecule has 0 radical (unpaired) electrons. The zero-order valence-corrected chi connectivity index (χ0v) is 18.0. The van der Waals surface area contributed by atoms with E-state index in [1.165, 1.54) is 0 Å². The lowest BCUT2D eigenvalue weighted by Gasteiger charge is -2.25. The first-order valence-electron chi connectivity index (χ1n) is 9.44. The van der Waals surface area contributed by atoms with Crippen molar-refractivity contribution in [2.24, 2.45) is 0 Å². The van der Waals surface area contributed by atoms with Crippen molar-refractivity contribution in [3.8, 4) is 0 Å². The first-order valence-corrected chi connectivity index (χ1v) is 11.4. The van der Waals surface area contributed by atoms with Gasteiger partial charge in [0.2, 0.25) is 11.8 Å². The van der Waals surface area contributed by atoms with Crippen LogP contribution in [0.5, 0.6) is 0 Å². The monoisotopic (exact) mass is 422 g/mol. The Bertz CT molecular complexity index is 1010. The Kier molecular flexibility index (Phi) is 5.74. The van der Waals surface area contributed by atoms with Crippen molar-refractivity contribution in [3.05, 3.63) is 81.5 Å². The molecule has 4 nitrogen and oxygen atoms in total. The highest BCUT2D eigenvalue weighted by molar-refractivity contribution is 8.00. The second-order valence-corrected chi connectivity index (χ2v) is 9.30. The minimum atomic E-state index is -0.0560. The van der Waals surface area contributed by atoms with Gasteiger partial charge in [-0.1, -0.05) is 24.3 Å². The number of thiophene rings is 1. The number of thioether (sulfide) groups is 1. The van der Waals surface area contributed by atoms with Crippen LogP contribution in [0.25, 0.3) is 0 Å². The van der Waals surface area contributed by atoms with E-state index in [2.05, 4.69) is 23.5 Å². The lowest BCUT2D eigenvalue weighted by Crippen LogP contribution is -2.28. The van der Waals surface area contributed by atoms with Crippen LogP contribution in [0.15, 0.2) is 60.0 Å². The summed E-state index contributed by atoms with van der Waals surface area (Å²) in [5.74, 6) is 0.567. The molecule has 1 aromatic heterocycles. The topological polar surface area (TPSA) is 49.4 Å². The fraction of sp³-hybridized carbons (Fsp3) is 0.217. The van der Waals surface area contributed by atoms with Crippen LogP contribution in [-0.2, 0) is 16.0 Å². The molecule has 1 saturated heterocycles. The van der Waals surface area contributed by atoms with Crippen LogP contribution >= 0.6 is 23.1 Å². The highest BCUT2D eigenvalue weighted by Gasteiger charge is 2.34. The van der Waals surface area contributed by atoms with E-state index < -0.39 is 0 Å². The summed E-state index contributed by atoms with van der Waals surface area (Å²) >= 11 is 3.21. The number of benzene rings is 2. The van der Waals surface area contributed by atoms with E-state index in [1.807, 2.05) is 60.5 Å². The Morgan fingerprint density at radius 1 is 1.10 bits per heavy atom. The van der Waals surface area contributed by atoms with Crippen LogP contribution < -0.4 is 10.2 Å². The standard InChI is InChI=1S/C23H22N2O2S2/c1-15-10-16(2)12-19(11-15)25-22(27)14-29-23(25)17-5-7-18(8-6-17)24-21(26)13-20-4-3-9-28-20/h3-12,23H,13-14H2,1-2H3,(H,24,26)/t23-/m1/s1. The minimum absolute atomic E-state index is 0.0255. The van der Waals surface area contributed by atoms with Gasteiger partial charge in [-0.05, 0) is 66.2 Å². The minimum Gasteiger partial charge on any atom is -0.326 e. The van der Waals surface area contributed by atoms with Crippen LogP contribution in [0.3, 0.4) is 0 Å². The average Bonchev–Trinajstić information content (AvgIpc) is 3.31. The summed E-state index contributed by atoms with van der Waals surface area (Å²) in [7, 11) is 0. The quantitative estimate of drug-likeness (QED) is 0.605. The van der Waals surface area contributed by atoms with Gasteiger partial charge in [0.1, 0.15) is 5.37 Å². The summed E-state index contributed by atoms with van der Waals surface area (Å²) in [5, 5.41) is 4.86. The Labute approximate surface area is 178 Å². The van der Waals surface area contributed by atoms with E-state index in [1.54, 1.807) is 23.1 Å². The molecule has 1 N–H and O–H groups in total.